The fourth-order valence-electron chi connectivity index (χ4n) is 4.13. The number of carbonyl (C=O) groups excluding carboxylic acids is 2. The Hall–Kier alpha value is -1.26. The van der Waals surface area contributed by atoms with E-state index in [4.69, 9.17) is 4.74 Å². The molecule has 2 saturated carbocycles. The number of fused-ring (bicyclic) bond motifs is 1. The summed E-state index contributed by atoms with van der Waals surface area (Å²) in [6, 6.07) is 0.139. The average Bonchev–Trinajstić information content (AvgIpc) is 3.06. The van der Waals surface area contributed by atoms with Gasteiger partial charge < -0.3 is 10.1 Å². The minimum atomic E-state index is -0.524. The number of likely N-dealkylation sites (tertiary alicyclic amines) is 1. The Bertz CT molecular complexity index is 485. The molecule has 0 radical (unpaired) electrons. The predicted octanol–water partition coefficient (Wildman–Crippen LogP) is 3.08. The van der Waals surface area contributed by atoms with E-state index in [2.05, 4.69) is 12.2 Å². The lowest BCUT2D eigenvalue weighted by Crippen LogP contribution is -2.52. The maximum Gasteiger partial charge on any atom is 0.411 e. The summed E-state index contributed by atoms with van der Waals surface area (Å²) < 4.78 is 5.51. The summed E-state index contributed by atoms with van der Waals surface area (Å²) in [6.45, 7) is 7.84. The molecule has 3 fully saturated rings. The molecular weight excluding hydrogens is 292 g/mol. The van der Waals surface area contributed by atoms with E-state index in [1.165, 1.54) is 12.8 Å². The first-order valence-corrected chi connectivity index (χ1v) is 9.06. The highest BCUT2D eigenvalue weighted by molar-refractivity contribution is 5.87. The lowest BCUT2D eigenvalue weighted by Gasteiger charge is -2.32. The Morgan fingerprint density at radius 1 is 1.13 bits per heavy atom. The van der Waals surface area contributed by atoms with E-state index in [0.29, 0.717) is 11.8 Å². The van der Waals surface area contributed by atoms with Crippen LogP contribution in [0.3, 0.4) is 0 Å². The quantitative estimate of drug-likeness (QED) is 0.850. The van der Waals surface area contributed by atoms with Crippen molar-refractivity contribution in [3.8, 4) is 0 Å². The van der Waals surface area contributed by atoms with Crippen LogP contribution in [0.4, 0.5) is 4.79 Å². The third-order valence-corrected chi connectivity index (χ3v) is 5.29. The molecule has 3 rings (SSSR count). The molecule has 2 amide bonds. The van der Waals surface area contributed by atoms with Crippen LogP contribution in [-0.4, -0.2) is 40.6 Å². The first kappa shape index (κ1) is 16.6. The third-order valence-electron chi connectivity index (χ3n) is 5.29. The molecule has 0 bridgehead atoms. The fourth-order valence-corrected chi connectivity index (χ4v) is 4.13. The summed E-state index contributed by atoms with van der Waals surface area (Å²) in [5.74, 6) is 1.18. The number of ether oxygens (including phenoxy) is 1. The molecule has 2 aliphatic carbocycles. The number of nitrogens with zero attached hydrogens (tertiary/aromatic N) is 1. The third kappa shape index (κ3) is 3.81. The summed E-state index contributed by atoms with van der Waals surface area (Å²) in [5.41, 5.74) is -0.524. The van der Waals surface area contributed by atoms with Crippen molar-refractivity contribution >= 4 is 12.0 Å². The molecule has 130 valence electrons. The Kier molecular flexibility index (Phi) is 4.32. The number of amides is 2. The molecule has 0 aromatic heterocycles. The van der Waals surface area contributed by atoms with Crippen LogP contribution in [-0.2, 0) is 9.53 Å². The largest absolute Gasteiger partial charge is 0.444 e. The minimum absolute atomic E-state index is 0.0159. The Morgan fingerprint density at radius 3 is 2.52 bits per heavy atom. The van der Waals surface area contributed by atoms with Gasteiger partial charge >= 0.3 is 6.09 Å². The fraction of sp³-hybridized carbons (Fsp3) is 0.889. The standard InChI is InChI=1S/C18H30N2O3/c1-11-6-5-7-13(8-11)19-16(21)15-10-12-9-14(12)20(15)17(22)23-18(2,3)4/h11-15H,5-10H2,1-4H3,(H,19,21)/t11-,12+,13?,14+,15-/m0/s1. The summed E-state index contributed by atoms with van der Waals surface area (Å²) in [4.78, 5) is 26.9. The number of hydrogen-bond donors (Lipinski definition) is 1. The van der Waals surface area contributed by atoms with E-state index < -0.39 is 5.60 Å². The van der Waals surface area contributed by atoms with Crippen molar-refractivity contribution in [3.63, 3.8) is 0 Å². The van der Waals surface area contributed by atoms with Crippen molar-refractivity contribution < 1.29 is 14.3 Å². The monoisotopic (exact) mass is 322 g/mol. The maximum absolute atomic E-state index is 12.7. The zero-order chi connectivity index (χ0) is 16.8. The molecule has 1 N–H and O–H groups in total. The van der Waals surface area contributed by atoms with Crippen molar-refractivity contribution in [2.24, 2.45) is 11.8 Å². The Balaban J connectivity index is 1.61. The zero-order valence-corrected chi connectivity index (χ0v) is 14.8. The van der Waals surface area contributed by atoms with Gasteiger partial charge in [0.15, 0.2) is 0 Å². The molecule has 0 aromatic carbocycles. The van der Waals surface area contributed by atoms with Gasteiger partial charge in [-0.15, -0.1) is 0 Å². The van der Waals surface area contributed by atoms with Gasteiger partial charge in [-0.25, -0.2) is 4.79 Å². The number of rotatable bonds is 2. The number of carbonyl (C=O) groups is 2. The van der Waals surface area contributed by atoms with E-state index >= 15 is 0 Å². The van der Waals surface area contributed by atoms with Gasteiger partial charge in [-0.05, 0) is 58.3 Å². The Morgan fingerprint density at radius 2 is 1.87 bits per heavy atom. The van der Waals surface area contributed by atoms with Gasteiger partial charge in [0.1, 0.15) is 11.6 Å². The van der Waals surface area contributed by atoms with Crippen LogP contribution < -0.4 is 5.32 Å². The second kappa shape index (κ2) is 5.99. The van der Waals surface area contributed by atoms with Gasteiger partial charge in [-0.1, -0.05) is 19.8 Å². The zero-order valence-electron chi connectivity index (χ0n) is 14.8. The van der Waals surface area contributed by atoms with Crippen molar-refractivity contribution in [2.45, 2.75) is 89.9 Å². The van der Waals surface area contributed by atoms with Crippen LogP contribution in [0.1, 0.15) is 66.2 Å². The van der Waals surface area contributed by atoms with Gasteiger partial charge in [-0.2, -0.15) is 0 Å². The molecule has 0 aromatic rings. The molecule has 23 heavy (non-hydrogen) atoms. The highest BCUT2D eigenvalue weighted by Crippen LogP contribution is 2.48. The van der Waals surface area contributed by atoms with Gasteiger partial charge in [0.2, 0.25) is 5.91 Å². The smallest absolute Gasteiger partial charge is 0.411 e. The summed E-state index contributed by atoms with van der Waals surface area (Å²) in [7, 11) is 0. The molecule has 1 saturated heterocycles. The number of hydrogen-bond acceptors (Lipinski definition) is 3. The number of piperidine rings is 1. The van der Waals surface area contributed by atoms with E-state index in [1.807, 2.05) is 20.8 Å². The highest BCUT2D eigenvalue weighted by Gasteiger charge is 2.57. The molecule has 1 aliphatic heterocycles. The average molecular weight is 322 g/mol. The van der Waals surface area contributed by atoms with E-state index in [1.54, 1.807) is 4.90 Å². The molecule has 1 unspecified atom stereocenters. The molecule has 0 spiro atoms. The molecule has 1 heterocycles. The molecule has 5 nitrogen and oxygen atoms in total. The SMILES string of the molecule is C[C@H]1CCCC(NC(=O)[C@@H]2C[C@H]3C[C@H]3N2C(=O)OC(C)(C)C)C1. The van der Waals surface area contributed by atoms with Crippen LogP contribution in [0.15, 0.2) is 0 Å². The van der Waals surface area contributed by atoms with E-state index in [9.17, 15) is 9.59 Å². The molecule has 5 heteroatoms. The maximum atomic E-state index is 12.7. The Labute approximate surface area is 139 Å². The molecular formula is C18H30N2O3. The van der Waals surface area contributed by atoms with Crippen LogP contribution >= 0.6 is 0 Å². The van der Waals surface area contributed by atoms with Gasteiger partial charge in [0, 0.05) is 12.1 Å². The summed E-state index contributed by atoms with van der Waals surface area (Å²) >= 11 is 0. The van der Waals surface area contributed by atoms with Gasteiger partial charge in [0.25, 0.3) is 0 Å². The normalized spacial score (nSPS) is 36.3. The second-order valence-corrected chi connectivity index (χ2v) is 8.68. The summed E-state index contributed by atoms with van der Waals surface area (Å²) in [6.07, 6.45) is 6.02. The summed E-state index contributed by atoms with van der Waals surface area (Å²) in [5, 5.41) is 3.19. The molecule has 5 atom stereocenters. The van der Waals surface area contributed by atoms with Crippen LogP contribution in [0.2, 0.25) is 0 Å². The second-order valence-electron chi connectivity index (χ2n) is 8.68. The molecule has 3 aliphatic rings. The van der Waals surface area contributed by atoms with Crippen molar-refractivity contribution in [2.75, 3.05) is 0 Å². The van der Waals surface area contributed by atoms with E-state index in [-0.39, 0.29) is 30.1 Å². The van der Waals surface area contributed by atoms with Crippen LogP contribution in [0.25, 0.3) is 0 Å². The first-order valence-electron chi connectivity index (χ1n) is 9.06. The van der Waals surface area contributed by atoms with Crippen LogP contribution in [0, 0.1) is 11.8 Å². The predicted molar refractivity (Wildman–Crippen MR) is 87.9 cm³/mol. The van der Waals surface area contributed by atoms with Crippen molar-refractivity contribution in [1.29, 1.82) is 0 Å². The minimum Gasteiger partial charge on any atom is -0.444 e. The highest BCUT2D eigenvalue weighted by atomic mass is 16.6. The lowest BCUT2D eigenvalue weighted by molar-refractivity contribution is -0.127. The first-order chi connectivity index (χ1) is 10.7. The topological polar surface area (TPSA) is 58.6 Å². The van der Waals surface area contributed by atoms with E-state index in [0.717, 1.165) is 25.7 Å². The van der Waals surface area contributed by atoms with Crippen molar-refractivity contribution in [3.05, 3.63) is 0 Å². The van der Waals surface area contributed by atoms with Gasteiger partial charge in [-0.3, -0.25) is 9.69 Å². The van der Waals surface area contributed by atoms with Crippen LogP contribution in [0.5, 0.6) is 0 Å². The van der Waals surface area contributed by atoms with Crippen molar-refractivity contribution in [1.82, 2.24) is 10.2 Å². The lowest BCUT2D eigenvalue weighted by atomic mass is 9.87. The van der Waals surface area contributed by atoms with Gasteiger partial charge in [0.05, 0.1) is 0 Å². The number of nitrogens with one attached hydrogen (secondary N) is 1.